The molecule has 1 atom stereocenters. The van der Waals surface area contributed by atoms with Gasteiger partial charge in [-0.3, -0.25) is 0 Å². The summed E-state index contributed by atoms with van der Waals surface area (Å²) in [5.74, 6) is 0.732. The third-order valence-corrected chi connectivity index (χ3v) is 1.90. The first-order valence-electron chi connectivity index (χ1n) is 4.34. The molecule has 0 heterocycles. The molecule has 0 spiro atoms. The van der Waals surface area contributed by atoms with Crippen LogP contribution < -0.4 is 0 Å². The van der Waals surface area contributed by atoms with Crippen LogP contribution in [0.1, 0.15) is 40.0 Å². The van der Waals surface area contributed by atoms with E-state index in [2.05, 4.69) is 20.4 Å². The van der Waals surface area contributed by atoms with Gasteiger partial charge in [-0.1, -0.05) is 32.8 Å². The Bertz CT molecular complexity index is 119. The Morgan fingerprint density at radius 3 is 2.33 bits per heavy atom. The van der Waals surface area contributed by atoms with E-state index in [1.807, 2.05) is 0 Å². The van der Waals surface area contributed by atoms with Crippen molar-refractivity contribution in [1.82, 2.24) is 0 Å². The molecule has 0 saturated carbocycles. The Kier molecular flexibility index (Phi) is 9.03. The second-order valence-electron chi connectivity index (χ2n) is 3.85. The van der Waals surface area contributed by atoms with Gasteiger partial charge in [0.25, 0.3) is 0 Å². The molecule has 0 aromatic rings. The predicted molar refractivity (Wildman–Crippen MR) is 56.7 cm³/mol. The average Bonchev–Trinajstić information content (AvgIpc) is 1.87. The first-order valence-corrected chi connectivity index (χ1v) is 4.34. The molecule has 68 valence electrons. The summed E-state index contributed by atoms with van der Waals surface area (Å²) in [5, 5.41) is 9.52. The van der Waals surface area contributed by atoms with Crippen LogP contribution in [0.5, 0.6) is 0 Å². The molecule has 0 fully saturated rings. The van der Waals surface area contributed by atoms with Crippen LogP contribution in [-0.4, -0.2) is 40.3 Å². The van der Waals surface area contributed by atoms with Gasteiger partial charge in [-0.25, -0.2) is 0 Å². The van der Waals surface area contributed by atoms with Crippen molar-refractivity contribution in [2.24, 2.45) is 5.92 Å². The summed E-state index contributed by atoms with van der Waals surface area (Å²) < 4.78 is 0. The summed E-state index contributed by atoms with van der Waals surface area (Å²) in [5.41, 5.74) is -0.658. The summed E-state index contributed by atoms with van der Waals surface area (Å²) in [6, 6.07) is 0. The zero-order valence-electron chi connectivity index (χ0n) is 7.93. The summed E-state index contributed by atoms with van der Waals surface area (Å²) >= 11 is 0. The molecule has 0 aliphatic rings. The minimum atomic E-state index is -0.658. The van der Waals surface area contributed by atoms with Crippen molar-refractivity contribution >= 4 is 29.6 Å². The molecule has 2 heteroatoms. The van der Waals surface area contributed by atoms with E-state index in [1.54, 1.807) is 13.0 Å². The van der Waals surface area contributed by atoms with E-state index in [4.69, 9.17) is 0 Å². The van der Waals surface area contributed by atoms with E-state index >= 15 is 0 Å². The van der Waals surface area contributed by atoms with Gasteiger partial charge in [0, 0.05) is 0 Å². The van der Waals surface area contributed by atoms with Crippen LogP contribution in [0.4, 0.5) is 0 Å². The quantitative estimate of drug-likeness (QED) is 0.507. The molecule has 0 aromatic heterocycles. The third-order valence-electron chi connectivity index (χ3n) is 1.90. The van der Waals surface area contributed by atoms with E-state index in [-0.39, 0.29) is 29.6 Å². The SMILES string of the molecule is C=CC(C)(O)CCCC(C)C.[NaH]. The van der Waals surface area contributed by atoms with E-state index in [0.717, 1.165) is 18.8 Å². The molecule has 0 aromatic carbocycles. The first kappa shape index (κ1) is 15.2. The summed E-state index contributed by atoms with van der Waals surface area (Å²) in [6.07, 6.45) is 4.71. The van der Waals surface area contributed by atoms with Crippen molar-refractivity contribution in [2.45, 2.75) is 45.6 Å². The second kappa shape index (κ2) is 7.14. The van der Waals surface area contributed by atoms with Gasteiger partial charge in [0.15, 0.2) is 0 Å². The summed E-state index contributed by atoms with van der Waals surface area (Å²) in [4.78, 5) is 0. The van der Waals surface area contributed by atoms with Gasteiger partial charge in [-0.2, -0.15) is 0 Å². The maximum atomic E-state index is 9.52. The van der Waals surface area contributed by atoms with Gasteiger partial charge in [0.1, 0.15) is 0 Å². The Balaban J connectivity index is 0. The van der Waals surface area contributed by atoms with Gasteiger partial charge >= 0.3 is 29.6 Å². The van der Waals surface area contributed by atoms with Crippen molar-refractivity contribution in [2.75, 3.05) is 0 Å². The van der Waals surface area contributed by atoms with Crippen molar-refractivity contribution in [3.8, 4) is 0 Å². The Hall–Kier alpha value is 0.700. The van der Waals surface area contributed by atoms with E-state index < -0.39 is 5.60 Å². The molecule has 0 saturated heterocycles. The molecule has 0 aliphatic carbocycles. The standard InChI is InChI=1S/C10H20O.Na.H/c1-5-10(4,11)8-6-7-9(2)3;;/h5,9,11H,1,6-8H2,2-4H3;;. The van der Waals surface area contributed by atoms with Crippen LogP contribution in [-0.2, 0) is 0 Å². The molecule has 0 bridgehead atoms. The van der Waals surface area contributed by atoms with Crippen LogP contribution in [0.15, 0.2) is 12.7 Å². The van der Waals surface area contributed by atoms with Gasteiger partial charge in [-0.05, 0) is 19.3 Å². The topological polar surface area (TPSA) is 20.2 Å². The fraction of sp³-hybridized carbons (Fsp3) is 0.800. The average molecular weight is 180 g/mol. The van der Waals surface area contributed by atoms with Gasteiger partial charge < -0.3 is 5.11 Å². The van der Waals surface area contributed by atoms with E-state index in [9.17, 15) is 5.11 Å². The molecular weight excluding hydrogens is 159 g/mol. The second-order valence-corrected chi connectivity index (χ2v) is 3.85. The fourth-order valence-electron chi connectivity index (χ4n) is 0.970. The van der Waals surface area contributed by atoms with E-state index in [0.29, 0.717) is 0 Å². The van der Waals surface area contributed by atoms with Crippen LogP contribution in [0, 0.1) is 5.92 Å². The van der Waals surface area contributed by atoms with Crippen LogP contribution in [0.2, 0.25) is 0 Å². The number of hydrogen-bond donors (Lipinski definition) is 1. The van der Waals surface area contributed by atoms with Crippen molar-refractivity contribution in [1.29, 1.82) is 0 Å². The minimum absolute atomic E-state index is 0. The Labute approximate surface area is 98.5 Å². The molecule has 1 N–H and O–H groups in total. The summed E-state index contributed by atoms with van der Waals surface area (Å²) in [7, 11) is 0. The molecule has 0 rings (SSSR count). The predicted octanol–water partition coefficient (Wildman–Crippen LogP) is 2.10. The molecule has 1 nitrogen and oxygen atoms in total. The third kappa shape index (κ3) is 8.79. The Morgan fingerprint density at radius 2 is 2.00 bits per heavy atom. The first-order chi connectivity index (χ1) is 4.98. The molecule has 1 unspecified atom stereocenters. The number of aliphatic hydroxyl groups is 1. The number of rotatable bonds is 5. The van der Waals surface area contributed by atoms with Crippen LogP contribution >= 0.6 is 0 Å². The zero-order chi connectivity index (χ0) is 8.91. The monoisotopic (exact) mass is 180 g/mol. The van der Waals surface area contributed by atoms with Gasteiger partial charge in [0.2, 0.25) is 0 Å². The molecular formula is C10H21NaO. The van der Waals surface area contributed by atoms with E-state index in [1.165, 1.54) is 6.42 Å². The molecule has 0 amide bonds. The number of hydrogen-bond acceptors (Lipinski definition) is 1. The Morgan fingerprint density at radius 1 is 1.50 bits per heavy atom. The summed E-state index contributed by atoms with van der Waals surface area (Å²) in [6.45, 7) is 9.78. The van der Waals surface area contributed by atoms with Gasteiger partial charge in [-0.15, -0.1) is 6.58 Å². The molecule has 0 radical (unpaired) electrons. The molecule has 12 heavy (non-hydrogen) atoms. The van der Waals surface area contributed by atoms with Crippen molar-refractivity contribution < 1.29 is 5.11 Å². The fourth-order valence-corrected chi connectivity index (χ4v) is 0.970. The maximum absolute atomic E-state index is 9.52. The van der Waals surface area contributed by atoms with Crippen molar-refractivity contribution in [3.63, 3.8) is 0 Å². The van der Waals surface area contributed by atoms with Crippen molar-refractivity contribution in [3.05, 3.63) is 12.7 Å². The zero-order valence-corrected chi connectivity index (χ0v) is 7.93. The normalized spacial score (nSPS) is 15.1. The van der Waals surface area contributed by atoms with Gasteiger partial charge in [0.05, 0.1) is 5.60 Å². The van der Waals surface area contributed by atoms with Crippen LogP contribution in [0.25, 0.3) is 0 Å². The van der Waals surface area contributed by atoms with Crippen LogP contribution in [0.3, 0.4) is 0 Å². The molecule has 0 aliphatic heterocycles.